The maximum absolute atomic E-state index is 12.6. The first-order valence-electron chi connectivity index (χ1n) is 7.46. The minimum atomic E-state index is -0.909. The van der Waals surface area contributed by atoms with Gasteiger partial charge in [0, 0.05) is 11.8 Å². The van der Waals surface area contributed by atoms with Gasteiger partial charge in [-0.15, -0.1) is 11.8 Å². The van der Waals surface area contributed by atoms with Crippen molar-refractivity contribution < 1.29 is 19.1 Å². The van der Waals surface area contributed by atoms with Crippen LogP contribution in [0.3, 0.4) is 0 Å². The van der Waals surface area contributed by atoms with Gasteiger partial charge in [-0.25, -0.2) is 0 Å². The van der Waals surface area contributed by atoms with Crippen molar-refractivity contribution in [2.75, 3.05) is 12.4 Å². The van der Waals surface area contributed by atoms with E-state index in [1.54, 1.807) is 7.11 Å². The lowest BCUT2D eigenvalue weighted by molar-refractivity contribution is -0.152. The van der Waals surface area contributed by atoms with Gasteiger partial charge in [0.2, 0.25) is 0 Å². The smallest absolute Gasteiger partial charge is 0.303 e. The summed E-state index contributed by atoms with van der Waals surface area (Å²) in [5.41, 5.74) is 1.61. The van der Waals surface area contributed by atoms with E-state index in [9.17, 15) is 9.59 Å². The van der Waals surface area contributed by atoms with Gasteiger partial charge in [0.15, 0.2) is 6.10 Å². The molecule has 0 spiro atoms. The molecule has 124 valence electrons. The van der Waals surface area contributed by atoms with Crippen LogP contribution in [0.5, 0.6) is 5.75 Å². The second kappa shape index (κ2) is 6.97. The first kappa shape index (κ1) is 16.4. The fourth-order valence-corrected chi connectivity index (χ4v) is 3.82. The first-order chi connectivity index (χ1) is 11.6. The van der Waals surface area contributed by atoms with Crippen molar-refractivity contribution in [1.82, 2.24) is 0 Å². The Kier molecular flexibility index (Phi) is 4.76. The van der Waals surface area contributed by atoms with Crippen LogP contribution in [-0.4, -0.2) is 25.1 Å². The summed E-state index contributed by atoms with van der Waals surface area (Å²) in [5, 5.41) is 2.49. The monoisotopic (exact) mass is 343 g/mol. The van der Waals surface area contributed by atoms with E-state index in [0.29, 0.717) is 0 Å². The van der Waals surface area contributed by atoms with Crippen LogP contribution >= 0.6 is 11.8 Å². The molecule has 6 heteroatoms. The maximum Gasteiger partial charge on any atom is 0.303 e. The maximum atomic E-state index is 12.6. The van der Waals surface area contributed by atoms with Crippen LogP contribution in [0.15, 0.2) is 53.4 Å². The van der Waals surface area contributed by atoms with Crippen LogP contribution in [0.2, 0.25) is 0 Å². The second-order valence-electron chi connectivity index (χ2n) is 5.33. The normalized spacial score (nSPS) is 19.7. The zero-order valence-corrected chi connectivity index (χ0v) is 14.1. The van der Waals surface area contributed by atoms with Gasteiger partial charge in [-0.3, -0.25) is 9.59 Å². The lowest BCUT2D eigenvalue weighted by Gasteiger charge is -2.23. The molecule has 0 aromatic heterocycles. The number of para-hydroxylation sites is 1. The van der Waals surface area contributed by atoms with Crippen molar-refractivity contribution >= 4 is 29.3 Å². The van der Waals surface area contributed by atoms with E-state index in [0.717, 1.165) is 21.9 Å². The molecule has 5 nitrogen and oxygen atoms in total. The Bertz CT molecular complexity index is 760. The number of anilines is 1. The largest absolute Gasteiger partial charge is 0.497 e. The molecule has 0 saturated carbocycles. The van der Waals surface area contributed by atoms with Crippen molar-refractivity contribution in [3.63, 3.8) is 0 Å². The molecule has 0 aliphatic carbocycles. The number of rotatable bonds is 3. The number of thioether (sulfide) groups is 1. The van der Waals surface area contributed by atoms with E-state index in [4.69, 9.17) is 9.47 Å². The highest BCUT2D eigenvalue weighted by Crippen LogP contribution is 2.44. The number of nitrogens with one attached hydrogen (secondary N) is 1. The summed E-state index contributed by atoms with van der Waals surface area (Å²) in [6.45, 7) is 1.31. The molecular formula is C18H17NO4S. The van der Waals surface area contributed by atoms with Crippen molar-refractivity contribution in [3.8, 4) is 5.75 Å². The average molecular weight is 343 g/mol. The number of carbonyl (C=O) groups is 2. The van der Waals surface area contributed by atoms with Gasteiger partial charge in [0.05, 0.1) is 18.0 Å². The number of ether oxygens (including phenoxy) is 2. The number of fused-ring (bicyclic) bond motifs is 1. The molecular weight excluding hydrogens is 326 g/mol. The summed E-state index contributed by atoms with van der Waals surface area (Å²) in [7, 11) is 1.60. The van der Waals surface area contributed by atoms with Gasteiger partial charge in [0.1, 0.15) is 5.75 Å². The Morgan fingerprint density at radius 1 is 1.12 bits per heavy atom. The van der Waals surface area contributed by atoms with E-state index in [-0.39, 0.29) is 11.2 Å². The highest BCUT2D eigenvalue weighted by Gasteiger charge is 2.36. The van der Waals surface area contributed by atoms with Crippen LogP contribution in [0.1, 0.15) is 17.7 Å². The standard InChI is InChI=1S/C18H17NO4S/c1-11(20)23-16-17(12-7-9-13(22-2)10-8-12)24-15-6-4-3-5-14(15)19-18(16)21/h3-10,16-17H,1-2H3,(H,19,21)/t16-,17-/m1/s1. The molecule has 3 rings (SSSR count). The van der Waals surface area contributed by atoms with Gasteiger partial charge < -0.3 is 14.8 Å². The number of amides is 1. The number of benzene rings is 2. The molecule has 1 heterocycles. The molecule has 0 radical (unpaired) electrons. The van der Waals surface area contributed by atoms with E-state index in [1.165, 1.54) is 18.7 Å². The fourth-order valence-electron chi connectivity index (χ4n) is 2.54. The Balaban J connectivity index is 2.02. The van der Waals surface area contributed by atoms with E-state index in [1.807, 2.05) is 48.5 Å². The number of carbonyl (C=O) groups excluding carboxylic acids is 2. The summed E-state index contributed by atoms with van der Waals surface area (Å²) in [6.07, 6.45) is -0.909. The Labute approximate surface area is 144 Å². The van der Waals surface area contributed by atoms with Crippen molar-refractivity contribution in [2.45, 2.75) is 23.2 Å². The lowest BCUT2D eigenvalue weighted by Crippen LogP contribution is -2.34. The molecule has 1 N–H and O–H groups in total. The van der Waals surface area contributed by atoms with Crippen molar-refractivity contribution in [2.24, 2.45) is 0 Å². The van der Waals surface area contributed by atoms with E-state index < -0.39 is 12.1 Å². The molecule has 1 amide bonds. The topological polar surface area (TPSA) is 64.6 Å². The highest BCUT2D eigenvalue weighted by molar-refractivity contribution is 7.99. The molecule has 0 fully saturated rings. The molecule has 0 bridgehead atoms. The molecule has 2 aromatic rings. The third-order valence-corrected chi connectivity index (χ3v) is 5.05. The Morgan fingerprint density at radius 2 is 1.83 bits per heavy atom. The summed E-state index contributed by atoms with van der Waals surface area (Å²) >= 11 is 1.50. The van der Waals surface area contributed by atoms with Crippen LogP contribution in [0.25, 0.3) is 0 Å². The van der Waals surface area contributed by atoms with Gasteiger partial charge in [-0.2, -0.15) is 0 Å². The predicted molar refractivity (Wildman–Crippen MR) is 92.2 cm³/mol. The van der Waals surface area contributed by atoms with Crippen LogP contribution in [0, 0.1) is 0 Å². The number of hydrogen-bond acceptors (Lipinski definition) is 5. The number of methoxy groups -OCH3 is 1. The SMILES string of the molecule is COc1ccc([C@H]2Sc3ccccc3NC(=O)[C@@H]2OC(C)=O)cc1. The molecule has 0 saturated heterocycles. The Morgan fingerprint density at radius 3 is 2.50 bits per heavy atom. The minimum absolute atomic E-state index is 0.330. The zero-order valence-electron chi connectivity index (χ0n) is 13.3. The summed E-state index contributed by atoms with van der Waals surface area (Å²) in [5.74, 6) is -0.0880. The van der Waals surface area contributed by atoms with Gasteiger partial charge in [-0.1, -0.05) is 24.3 Å². The van der Waals surface area contributed by atoms with Crippen LogP contribution in [0.4, 0.5) is 5.69 Å². The van der Waals surface area contributed by atoms with Crippen molar-refractivity contribution in [3.05, 3.63) is 54.1 Å². The quantitative estimate of drug-likeness (QED) is 0.865. The molecule has 0 unspecified atom stereocenters. The molecule has 24 heavy (non-hydrogen) atoms. The predicted octanol–water partition coefficient (Wildman–Crippen LogP) is 3.41. The summed E-state index contributed by atoms with van der Waals surface area (Å²) in [6, 6.07) is 15.0. The lowest BCUT2D eigenvalue weighted by atomic mass is 10.1. The third kappa shape index (κ3) is 3.38. The average Bonchev–Trinajstić information content (AvgIpc) is 2.72. The number of esters is 1. The summed E-state index contributed by atoms with van der Waals surface area (Å²) in [4.78, 5) is 25.0. The van der Waals surface area contributed by atoms with E-state index >= 15 is 0 Å². The highest BCUT2D eigenvalue weighted by atomic mass is 32.2. The molecule has 2 aromatic carbocycles. The van der Waals surface area contributed by atoms with Gasteiger partial charge >= 0.3 is 5.97 Å². The third-order valence-electron chi connectivity index (χ3n) is 3.67. The van der Waals surface area contributed by atoms with Gasteiger partial charge in [0.25, 0.3) is 5.91 Å². The minimum Gasteiger partial charge on any atom is -0.497 e. The molecule has 2 atom stereocenters. The van der Waals surface area contributed by atoms with E-state index in [2.05, 4.69) is 5.32 Å². The molecule has 1 aliphatic rings. The zero-order chi connectivity index (χ0) is 17.1. The van der Waals surface area contributed by atoms with Crippen LogP contribution in [-0.2, 0) is 14.3 Å². The number of hydrogen-bond donors (Lipinski definition) is 1. The first-order valence-corrected chi connectivity index (χ1v) is 8.34. The van der Waals surface area contributed by atoms with Crippen LogP contribution < -0.4 is 10.1 Å². The summed E-state index contributed by atoms with van der Waals surface area (Å²) < 4.78 is 10.5. The fraction of sp³-hybridized carbons (Fsp3) is 0.222. The van der Waals surface area contributed by atoms with Gasteiger partial charge in [-0.05, 0) is 29.8 Å². The second-order valence-corrected chi connectivity index (χ2v) is 6.51. The Hall–Kier alpha value is -2.47. The van der Waals surface area contributed by atoms with Crippen molar-refractivity contribution in [1.29, 1.82) is 0 Å². The molecule has 1 aliphatic heterocycles.